The van der Waals surface area contributed by atoms with Gasteiger partial charge in [-0.15, -0.1) is 0 Å². The zero-order chi connectivity index (χ0) is 12.8. The maximum atomic E-state index is 5.77. The molecule has 2 heterocycles. The van der Waals surface area contributed by atoms with Gasteiger partial charge in [-0.25, -0.2) is 4.98 Å². The molecule has 1 unspecified atom stereocenters. The van der Waals surface area contributed by atoms with Gasteiger partial charge in [-0.1, -0.05) is 0 Å². The van der Waals surface area contributed by atoms with E-state index in [4.69, 9.17) is 9.47 Å². The van der Waals surface area contributed by atoms with Gasteiger partial charge in [0.05, 0.1) is 24.9 Å². The van der Waals surface area contributed by atoms with Gasteiger partial charge in [-0.3, -0.25) is 0 Å². The number of ether oxygens (including phenoxy) is 2. The first-order valence-corrected chi connectivity index (χ1v) is 6.68. The average molecular weight is 253 g/mol. The fraction of sp³-hybridized carbons (Fsp3) is 0.769. The fourth-order valence-corrected chi connectivity index (χ4v) is 2.26. The Balaban J connectivity index is 1.93. The van der Waals surface area contributed by atoms with E-state index in [9.17, 15) is 0 Å². The van der Waals surface area contributed by atoms with Crippen LogP contribution in [-0.2, 0) is 16.0 Å². The lowest BCUT2D eigenvalue weighted by Crippen LogP contribution is -2.25. The lowest BCUT2D eigenvalue weighted by atomic mass is 10.1. The van der Waals surface area contributed by atoms with Crippen molar-refractivity contribution >= 4 is 5.95 Å². The van der Waals surface area contributed by atoms with E-state index >= 15 is 0 Å². The summed E-state index contributed by atoms with van der Waals surface area (Å²) in [5.74, 6) is 0.915. The minimum Gasteiger partial charge on any atom is -0.383 e. The molecule has 1 aliphatic heterocycles. The molecule has 1 aromatic heterocycles. The van der Waals surface area contributed by atoms with Crippen LogP contribution in [0.15, 0.2) is 6.20 Å². The van der Waals surface area contributed by atoms with Crippen molar-refractivity contribution in [3.63, 3.8) is 0 Å². The van der Waals surface area contributed by atoms with Crippen LogP contribution in [0.2, 0.25) is 0 Å². The van der Waals surface area contributed by atoms with Crippen LogP contribution in [0.25, 0.3) is 0 Å². The highest BCUT2D eigenvalue weighted by Crippen LogP contribution is 2.17. The van der Waals surface area contributed by atoms with E-state index < -0.39 is 0 Å². The SMILES string of the molecule is COCCNc1nc(C)cn1CC1CCCCO1. The van der Waals surface area contributed by atoms with Gasteiger partial charge < -0.3 is 19.4 Å². The highest BCUT2D eigenvalue weighted by Gasteiger charge is 2.16. The summed E-state index contributed by atoms with van der Waals surface area (Å²) in [4.78, 5) is 4.49. The molecule has 5 nitrogen and oxygen atoms in total. The van der Waals surface area contributed by atoms with Gasteiger partial charge in [0.1, 0.15) is 0 Å². The average Bonchev–Trinajstić information content (AvgIpc) is 2.71. The molecular formula is C13H23N3O2. The number of aryl methyl sites for hydroxylation is 1. The van der Waals surface area contributed by atoms with Gasteiger partial charge in [0.2, 0.25) is 5.95 Å². The molecule has 18 heavy (non-hydrogen) atoms. The molecule has 0 spiro atoms. The molecule has 0 radical (unpaired) electrons. The van der Waals surface area contributed by atoms with Gasteiger partial charge in [-0.2, -0.15) is 0 Å². The summed E-state index contributed by atoms with van der Waals surface area (Å²) in [6.07, 6.45) is 6.01. The molecule has 0 aromatic carbocycles. The van der Waals surface area contributed by atoms with Crippen molar-refractivity contribution in [2.45, 2.75) is 38.8 Å². The number of aromatic nitrogens is 2. The predicted octanol–water partition coefficient (Wildman–Crippen LogP) is 1.82. The molecule has 1 atom stereocenters. The largest absolute Gasteiger partial charge is 0.383 e. The van der Waals surface area contributed by atoms with E-state index in [1.165, 1.54) is 12.8 Å². The third kappa shape index (κ3) is 3.71. The van der Waals surface area contributed by atoms with Crippen molar-refractivity contribution in [3.8, 4) is 0 Å². The fourth-order valence-electron chi connectivity index (χ4n) is 2.26. The normalized spacial score (nSPS) is 20.0. The number of nitrogens with one attached hydrogen (secondary N) is 1. The molecule has 0 bridgehead atoms. The zero-order valence-electron chi connectivity index (χ0n) is 11.3. The molecule has 0 aliphatic carbocycles. The first kappa shape index (κ1) is 13.4. The van der Waals surface area contributed by atoms with Crippen LogP contribution in [0.4, 0.5) is 5.95 Å². The van der Waals surface area contributed by atoms with Crippen molar-refractivity contribution in [3.05, 3.63) is 11.9 Å². The van der Waals surface area contributed by atoms with Gasteiger partial charge in [0.25, 0.3) is 0 Å². The summed E-state index contributed by atoms with van der Waals surface area (Å²) in [7, 11) is 1.70. The monoisotopic (exact) mass is 253 g/mol. The Morgan fingerprint density at radius 1 is 1.56 bits per heavy atom. The molecule has 1 aliphatic rings. The number of hydrogen-bond acceptors (Lipinski definition) is 4. The van der Waals surface area contributed by atoms with Crippen LogP contribution in [0, 0.1) is 6.92 Å². The summed E-state index contributed by atoms with van der Waals surface area (Å²) >= 11 is 0. The highest BCUT2D eigenvalue weighted by molar-refractivity contribution is 5.28. The Morgan fingerprint density at radius 2 is 2.44 bits per heavy atom. The number of imidazole rings is 1. The molecule has 1 fully saturated rings. The second-order valence-electron chi connectivity index (χ2n) is 4.77. The maximum absolute atomic E-state index is 5.77. The van der Waals surface area contributed by atoms with Crippen LogP contribution in [0.1, 0.15) is 25.0 Å². The molecule has 5 heteroatoms. The molecule has 1 saturated heterocycles. The Hall–Kier alpha value is -1.07. The molecule has 102 valence electrons. The Bertz CT molecular complexity index is 359. The van der Waals surface area contributed by atoms with Crippen molar-refractivity contribution in [1.29, 1.82) is 0 Å². The second-order valence-corrected chi connectivity index (χ2v) is 4.77. The van der Waals surface area contributed by atoms with Crippen LogP contribution in [0.5, 0.6) is 0 Å². The molecular weight excluding hydrogens is 230 g/mol. The van der Waals surface area contributed by atoms with Crippen LogP contribution < -0.4 is 5.32 Å². The minimum atomic E-state index is 0.329. The zero-order valence-corrected chi connectivity index (χ0v) is 11.3. The number of rotatable bonds is 6. The maximum Gasteiger partial charge on any atom is 0.203 e. The number of methoxy groups -OCH3 is 1. The topological polar surface area (TPSA) is 48.3 Å². The molecule has 2 rings (SSSR count). The smallest absolute Gasteiger partial charge is 0.203 e. The van der Waals surface area contributed by atoms with E-state index in [1.54, 1.807) is 7.11 Å². The second kappa shape index (κ2) is 6.75. The lowest BCUT2D eigenvalue weighted by molar-refractivity contribution is 0.00628. The summed E-state index contributed by atoms with van der Waals surface area (Å²) in [6.45, 7) is 5.25. The standard InChI is InChI=1S/C13H23N3O2/c1-11-9-16(10-12-5-3-4-7-18-12)13(15-11)14-6-8-17-2/h9,12H,3-8,10H2,1-2H3,(H,14,15). The first-order valence-electron chi connectivity index (χ1n) is 6.68. The summed E-state index contributed by atoms with van der Waals surface area (Å²) in [6, 6.07) is 0. The van der Waals surface area contributed by atoms with Gasteiger partial charge >= 0.3 is 0 Å². The number of anilines is 1. The summed E-state index contributed by atoms with van der Waals surface area (Å²) < 4.78 is 13.0. The van der Waals surface area contributed by atoms with Crippen LogP contribution in [0.3, 0.4) is 0 Å². The quantitative estimate of drug-likeness (QED) is 0.786. The van der Waals surface area contributed by atoms with Crippen LogP contribution in [-0.4, -0.2) is 42.5 Å². The predicted molar refractivity (Wildman–Crippen MR) is 70.9 cm³/mol. The van der Waals surface area contributed by atoms with Crippen molar-refractivity contribution in [2.24, 2.45) is 0 Å². The van der Waals surface area contributed by atoms with Crippen molar-refractivity contribution < 1.29 is 9.47 Å². The molecule has 1 N–H and O–H groups in total. The van der Waals surface area contributed by atoms with Gasteiger partial charge in [0.15, 0.2) is 0 Å². The molecule has 0 saturated carbocycles. The van der Waals surface area contributed by atoms with Gasteiger partial charge in [-0.05, 0) is 26.2 Å². The lowest BCUT2D eigenvalue weighted by Gasteiger charge is -2.23. The Kier molecular flexibility index (Phi) is 5.01. The highest BCUT2D eigenvalue weighted by atomic mass is 16.5. The Morgan fingerprint density at radius 3 is 3.17 bits per heavy atom. The third-order valence-corrected chi connectivity index (χ3v) is 3.16. The first-order chi connectivity index (χ1) is 8.79. The summed E-state index contributed by atoms with van der Waals surface area (Å²) in [5.41, 5.74) is 1.03. The van der Waals surface area contributed by atoms with E-state index in [0.717, 1.165) is 37.8 Å². The van der Waals surface area contributed by atoms with E-state index in [1.807, 2.05) is 6.92 Å². The van der Waals surface area contributed by atoms with E-state index in [-0.39, 0.29) is 0 Å². The van der Waals surface area contributed by atoms with Crippen molar-refractivity contribution in [2.75, 3.05) is 32.2 Å². The van der Waals surface area contributed by atoms with Gasteiger partial charge in [0, 0.05) is 26.5 Å². The van der Waals surface area contributed by atoms with E-state index in [2.05, 4.69) is 21.1 Å². The number of nitrogens with zero attached hydrogens (tertiary/aromatic N) is 2. The van der Waals surface area contributed by atoms with Crippen LogP contribution >= 0.6 is 0 Å². The Labute approximate surface area is 108 Å². The third-order valence-electron chi connectivity index (χ3n) is 3.16. The molecule has 0 amide bonds. The number of hydrogen-bond donors (Lipinski definition) is 1. The summed E-state index contributed by atoms with van der Waals surface area (Å²) in [5, 5.41) is 3.30. The van der Waals surface area contributed by atoms with E-state index in [0.29, 0.717) is 12.7 Å². The molecule has 1 aromatic rings. The van der Waals surface area contributed by atoms with Crippen molar-refractivity contribution in [1.82, 2.24) is 9.55 Å². The minimum absolute atomic E-state index is 0.329.